The van der Waals surface area contributed by atoms with Crippen LogP contribution in [0.5, 0.6) is 0 Å². The van der Waals surface area contributed by atoms with Gasteiger partial charge in [-0.1, -0.05) is 36.4 Å². The molecule has 0 spiro atoms. The van der Waals surface area contributed by atoms with Crippen LogP contribution in [0.2, 0.25) is 0 Å². The maximum atomic E-state index is 12.6. The zero-order chi connectivity index (χ0) is 24.6. The van der Waals surface area contributed by atoms with E-state index in [1.54, 1.807) is 0 Å². The molecule has 3 heterocycles. The van der Waals surface area contributed by atoms with Gasteiger partial charge in [-0.15, -0.1) is 11.3 Å². The largest absolute Gasteiger partial charge is 0.393 e. The number of anilines is 1. The molecule has 3 aromatic heterocycles. The molecule has 10 heteroatoms. The molecule has 1 fully saturated rings. The summed E-state index contributed by atoms with van der Waals surface area (Å²) in [5, 5.41) is 19.0. The highest BCUT2D eigenvalue weighted by atomic mass is 32.1. The number of nitrogens with two attached hydrogens (primary N) is 1. The van der Waals surface area contributed by atoms with Crippen LogP contribution in [0.25, 0.3) is 32.5 Å². The second-order valence-electron chi connectivity index (χ2n) is 9.08. The summed E-state index contributed by atoms with van der Waals surface area (Å²) in [4.78, 5) is 25.7. The molecule has 182 valence electrons. The average Bonchev–Trinajstić information content (AvgIpc) is 3.51. The predicted octanol–water partition coefficient (Wildman–Crippen LogP) is 4.09. The van der Waals surface area contributed by atoms with Gasteiger partial charge in [0, 0.05) is 12.1 Å². The first kappa shape index (κ1) is 22.6. The zero-order valence-corrected chi connectivity index (χ0v) is 20.3. The van der Waals surface area contributed by atoms with Gasteiger partial charge in [-0.25, -0.2) is 19.6 Å². The number of nitrogens with one attached hydrogen (secondary N) is 1. The van der Waals surface area contributed by atoms with Crippen LogP contribution in [0.4, 0.5) is 5.82 Å². The first-order chi connectivity index (χ1) is 17.6. The van der Waals surface area contributed by atoms with Gasteiger partial charge in [0.15, 0.2) is 10.7 Å². The van der Waals surface area contributed by atoms with Gasteiger partial charge < -0.3 is 16.2 Å². The summed E-state index contributed by atoms with van der Waals surface area (Å²) >= 11 is 1.39. The fraction of sp³-hybridized carbons (Fsp3) is 0.269. The van der Waals surface area contributed by atoms with E-state index in [0.29, 0.717) is 23.0 Å². The van der Waals surface area contributed by atoms with E-state index in [4.69, 9.17) is 10.8 Å². The van der Waals surface area contributed by atoms with Crippen molar-refractivity contribution >= 4 is 44.3 Å². The maximum absolute atomic E-state index is 12.6. The van der Waals surface area contributed by atoms with Crippen molar-refractivity contribution in [2.75, 3.05) is 5.73 Å². The molecule has 1 saturated carbocycles. The smallest absolute Gasteiger partial charge is 0.280 e. The van der Waals surface area contributed by atoms with E-state index in [1.807, 2.05) is 53.2 Å². The number of thiazole rings is 1. The normalized spacial score (nSPS) is 18.0. The molecule has 0 unspecified atom stereocenters. The highest BCUT2D eigenvalue weighted by Gasteiger charge is 2.26. The monoisotopic (exact) mass is 499 g/mol. The molecule has 6 rings (SSSR count). The fourth-order valence-corrected chi connectivity index (χ4v) is 5.64. The second-order valence-corrected chi connectivity index (χ2v) is 10.1. The van der Waals surface area contributed by atoms with Crippen molar-refractivity contribution in [2.24, 2.45) is 0 Å². The number of aliphatic hydroxyl groups excluding tert-OH is 1. The van der Waals surface area contributed by atoms with E-state index in [-0.39, 0.29) is 18.1 Å². The lowest BCUT2D eigenvalue weighted by atomic mass is 9.93. The first-order valence-corrected chi connectivity index (χ1v) is 12.8. The van der Waals surface area contributed by atoms with Crippen LogP contribution >= 0.6 is 11.3 Å². The number of nitrogens with zero attached hydrogens (tertiary/aromatic N) is 5. The van der Waals surface area contributed by atoms with E-state index in [2.05, 4.69) is 20.3 Å². The Labute approximate surface area is 211 Å². The molecule has 2 aromatic carbocycles. The Morgan fingerprint density at radius 1 is 1.08 bits per heavy atom. The Balaban J connectivity index is 1.22. The number of carbonyl (C=O) groups excluding carboxylic acids is 1. The zero-order valence-electron chi connectivity index (χ0n) is 19.5. The van der Waals surface area contributed by atoms with Gasteiger partial charge in [-0.2, -0.15) is 5.10 Å². The van der Waals surface area contributed by atoms with Gasteiger partial charge in [-0.05, 0) is 43.4 Å². The van der Waals surface area contributed by atoms with Crippen molar-refractivity contribution in [1.82, 2.24) is 30.0 Å². The molecule has 0 bridgehead atoms. The van der Waals surface area contributed by atoms with E-state index < -0.39 is 0 Å². The van der Waals surface area contributed by atoms with Gasteiger partial charge in [0.25, 0.3) is 5.91 Å². The number of aliphatic hydroxyl groups is 1. The van der Waals surface area contributed by atoms with Crippen LogP contribution in [0, 0.1) is 0 Å². The van der Waals surface area contributed by atoms with Gasteiger partial charge in [-0.3, -0.25) is 4.79 Å². The number of hydrogen-bond acceptors (Lipinski definition) is 8. The molecule has 0 saturated heterocycles. The fourth-order valence-electron chi connectivity index (χ4n) is 4.76. The predicted molar refractivity (Wildman–Crippen MR) is 139 cm³/mol. The Morgan fingerprint density at radius 3 is 2.64 bits per heavy atom. The van der Waals surface area contributed by atoms with Crippen LogP contribution in [0.3, 0.4) is 0 Å². The summed E-state index contributed by atoms with van der Waals surface area (Å²) in [6, 6.07) is 15.8. The Hall–Kier alpha value is -3.89. The molecule has 5 aromatic rings. The Kier molecular flexibility index (Phi) is 5.82. The van der Waals surface area contributed by atoms with Crippen LogP contribution in [-0.4, -0.2) is 41.9 Å². The molecular formula is C26H25N7O2S. The number of hydrogen-bond donors (Lipinski definition) is 3. The van der Waals surface area contributed by atoms with Crippen LogP contribution in [0.1, 0.15) is 47.1 Å². The molecule has 1 aliphatic rings. The van der Waals surface area contributed by atoms with E-state index in [9.17, 15) is 9.90 Å². The van der Waals surface area contributed by atoms with E-state index in [0.717, 1.165) is 58.1 Å². The lowest BCUT2D eigenvalue weighted by molar-refractivity contribution is 0.0950. The van der Waals surface area contributed by atoms with Crippen molar-refractivity contribution in [3.63, 3.8) is 0 Å². The van der Waals surface area contributed by atoms with Gasteiger partial charge in [0.1, 0.15) is 17.8 Å². The minimum Gasteiger partial charge on any atom is -0.393 e. The Bertz CT molecular complexity index is 1520. The van der Waals surface area contributed by atoms with Gasteiger partial charge in [0.2, 0.25) is 0 Å². The summed E-state index contributed by atoms with van der Waals surface area (Å²) in [6.45, 7) is 0.389. The maximum Gasteiger partial charge on any atom is 0.280 e. The molecule has 0 radical (unpaired) electrons. The molecule has 0 aliphatic heterocycles. The van der Waals surface area contributed by atoms with Crippen molar-refractivity contribution < 1.29 is 9.90 Å². The highest BCUT2D eigenvalue weighted by Crippen LogP contribution is 2.36. The number of para-hydroxylation sites is 1. The SMILES string of the molecule is Nc1ncnc2c1c(-c1ccc(CNC(=O)c3nc4ccccc4s3)cc1)nn2C1CCC(O)CC1. The number of rotatable bonds is 5. The number of amides is 1. The van der Waals surface area contributed by atoms with Crippen molar-refractivity contribution in [3.8, 4) is 11.3 Å². The van der Waals surface area contributed by atoms with Crippen molar-refractivity contribution in [1.29, 1.82) is 0 Å². The molecule has 1 amide bonds. The molecule has 36 heavy (non-hydrogen) atoms. The standard InChI is InChI=1S/C26H25N7O2S/c27-23-21-22(32-33(24(21)30-14-29-23)17-9-11-18(34)12-10-17)16-7-5-15(6-8-16)13-28-25(35)26-31-19-3-1-2-4-20(19)36-26/h1-8,14,17-18,34H,9-13H2,(H,28,35)(H2,27,29,30). The van der Waals surface area contributed by atoms with Crippen LogP contribution in [0.15, 0.2) is 54.9 Å². The summed E-state index contributed by atoms with van der Waals surface area (Å²) in [5.74, 6) is 0.205. The number of carbonyl (C=O) groups is 1. The third-order valence-electron chi connectivity index (χ3n) is 6.70. The van der Waals surface area contributed by atoms with Crippen molar-refractivity contribution in [2.45, 2.75) is 44.4 Å². The van der Waals surface area contributed by atoms with Crippen LogP contribution < -0.4 is 11.1 Å². The molecule has 9 nitrogen and oxygen atoms in total. The average molecular weight is 500 g/mol. The molecule has 0 atom stereocenters. The van der Waals surface area contributed by atoms with Gasteiger partial charge >= 0.3 is 0 Å². The number of nitrogen functional groups attached to an aromatic ring is 1. The second kappa shape index (κ2) is 9.29. The van der Waals surface area contributed by atoms with E-state index >= 15 is 0 Å². The quantitative estimate of drug-likeness (QED) is 0.332. The summed E-state index contributed by atoms with van der Waals surface area (Å²) in [5.41, 5.74) is 10.4. The number of aromatic nitrogens is 5. The van der Waals surface area contributed by atoms with Crippen LogP contribution in [-0.2, 0) is 6.54 Å². The first-order valence-electron chi connectivity index (χ1n) is 12.0. The summed E-state index contributed by atoms with van der Waals surface area (Å²) in [6.07, 6.45) is 4.40. The topological polar surface area (TPSA) is 132 Å². The highest BCUT2D eigenvalue weighted by molar-refractivity contribution is 7.20. The van der Waals surface area contributed by atoms with E-state index in [1.165, 1.54) is 17.7 Å². The van der Waals surface area contributed by atoms with Crippen molar-refractivity contribution in [3.05, 3.63) is 65.4 Å². The minimum atomic E-state index is -0.245. The number of benzene rings is 2. The minimum absolute atomic E-state index is 0.163. The molecular weight excluding hydrogens is 474 g/mol. The van der Waals surface area contributed by atoms with Gasteiger partial charge in [0.05, 0.1) is 27.7 Å². The summed E-state index contributed by atoms with van der Waals surface area (Å²) in [7, 11) is 0. The summed E-state index contributed by atoms with van der Waals surface area (Å²) < 4.78 is 2.94. The third kappa shape index (κ3) is 4.18. The lowest BCUT2D eigenvalue weighted by Gasteiger charge is -2.25. The third-order valence-corrected chi connectivity index (χ3v) is 7.73. The molecule has 1 aliphatic carbocycles. The molecule has 4 N–H and O–H groups in total. The number of fused-ring (bicyclic) bond motifs is 2. The Morgan fingerprint density at radius 2 is 1.86 bits per heavy atom. The lowest BCUT2D eigenvalue weighted by Crippen LogP contribution is -2.22.